The summed E-state index contributed by atoms with van der Waals surface area (Å²) in [6, 6.07) is 11.5. The number of hydrogen-bond donors (Lipinski definition) is 2. The Morgan fingerprint density at radius 1 is 1.00 bits per heavy atom. The zero-order valence-corrected chi connectivity index (χ0v) is 13.2. The number of halogens is 2. The molecule has 0 fully saturated rings. The van der Waals surface area contributed by atoms with Gasteiger partial charge in [-0.3, -0.25) is 4.79 Å². The number of amides is 1. The van der Waals surface area contributed by atoms with Gasteiger partial charge >= 0.3 is 5.97 Å². The molecular weight excluding hydrogens is 390 g/mol. The summed E-state index contributed by atoms with van der Waals surface area (Å²) in [5.74, 6) is -1.47. The highest BCUT2D eigenvalue weighted by Crippen LogP contribution is 2.22. The Kier molecular flexibility index (Phi) is 4.57. The number of hydrogen-bond acceptors (Lipinski definition) is 2. The van der Waals surface area contributed by atoms with Crippen LogP contribution in [0.3, 0.4) is 0 Å². The molecule has 2 aromatic carbocycles. The largest absolute Gasteiger partial charge is 0.478 e. The summed E-state index contributed by atoms with van der Waals surface area (Å²) >= 11 is 6.49. The number of carboxylic acid groups (broad SMARTS) is 1. The Hall–Kier alpha value is -1.66. The second kappa shape index (κ2) is 6.19. The number of anilines is 1. The summed E-state index contributed by atoms with van der Waals surface area (Å²) in [7, 11) is 0. The first-order valence-corrected chi connectivity index (χ1v) is 7.16. The maximum Gasteiger partial charge on any atom is 0.337 e. The van der Waals surface area contributed by atoms with Crippen LogP contribution < -0.4 is 5.32 Å². The molecule has 2 rings (SSSR count). The molecule has 0 radical (unpaired) electrons. The van der Waals surface area contributed by atoms with Crippen molar-refractivity contribution in [1.29, 1.82) is 0 Å². The zero-order valence-electron chi connectivity index (χ0n) is 10.1. The second-order valence-corrected chi connectivity index (χ2v) is 5.79. The molecule has 4 nitrogen and oxygen atoms in total. The lowest BCUT2D eigenvalue weighted by molar-refractivity contribution is 0.0698. The Balaban J connectivity index is 2.30. The molecule has 0 aliphatic rings. The zero-order chi connectivity index (χ0) is 14.7. The standard InChI is InChI=1S/C14H9Br2NO3/c15-9-3-1-2-8(6-9)13(18)17-12-5-4-10(16)7-11(12)14(19)20/h1-7H,(H,17,18)(H,19,20). The van der Waals surface area contributed by atoms with E-state index in [-0.39, 0.29) is 17.2 Å². The van der Waals surface area contributed by atoms with Crippen molar-refractivity contribution >= 4 is 49.4 Å². The monoisotopic (exact) mass is 397 g/mol. The summed E-state index contributed by atoms with van der Waals surface area (Å²) in [4.78, 5) is 23.3. The molecule has 6 heteroatoms. The lowest BCUT2D eigenvalue weighted by Gasteiger charge is -2.09. The van der Waals surface area contributed by atoms with E-state index < -0.39 is 5.97 Å². The third-order valence-electron chi connectivity index (χ3n) is 2.55. The van der Waals surface area contributed by atoms with Crippen molar-refractivity contribution in [3.05, 3.63) is 62.5 Å². The minimum Gasteiger partial charge on any atom is -0.478 e. The Bertz CT molecular complexity index is 686. The van der Waals surface area contributed by atoms with Gasteiger partial charge in [-0.05, 0) is 36.4 Å². The molecular formula is C14H9Br2NO3. The maximum absolute atomic E-state index is 12.1. The summed E-state index contributed by atoms with van der Waals surface area (Å²) in [6.07, 6.45) is 0. The fourth-order valence-corrected chi connectivity index (χ4v) is 2.39. The van der Waals surface area contributed by atoms with Crippen molar-refractivity contribution in [2.24, 2.45) is 0 Å². The summed E-state index contributed by atoms with van der Waals surface area (Å²) < 4.78 is 1.41. The van der Waals surface area contributed by atoms with E-state index in [0.717, 1.165) is 4.47 Å². The number of carboxylic acids is 1. The van der Waals surface area contributed by atoms with E-state index in [1.807, 2.05) is 0 Å². The van der Waals surface area contributed by atoms with Gasteiger partial charge < -0.3 is 10.4 Å². The maximum atomic E-state index is 12.1. The highest BCUT2D eigenvalue weighted by molar-refractivity contribution is 9.10. The number of carbonyl (C=O) groups excluding carboxylic acids is 1. The van der Waals surface area contributed by atoms with E-state index >= 15 is 0 Å². The average Bonchev–Trinajstić information content (AvgIpc) is 2.40. The summed E-state index contributed by atoms with van der Waals surface area (Å²) in [5, 5.41) is 11.7. The molecule has 102 valence electrons. The quantitative estimate of drug-likeness (QED) is 0.815. The third-order valence-corrected chi connectivity index (χ3v) is 3.53. The van der Waals surface area contributed by atoms with Gasteiger partial charge in [-0.1, -0.05) is 37.9 Å². The molecule has 0 saturated carbocycles. The van der Waals surface area contributed by atoms with Crippen LogP contribution in [0.4, 0.5) is 5.69 Å². The minimum absolute atomic E-state index is 0.0303. The fourth-order valence-electron chi connectivity index (χ4n) is 1.63. The fraction of sp³-hybridized carbons (Fsp3) is 0. The molecule has 0 spiro atoms. The molecule has 0 aliphatic heterocycles. The van der Waals surface area contributed by atoms with Gasteiger partial charge in [0.15, 0.2) is 0 Å². The number of aromatic carboxylic acids is 1. The van der Waals surface area contributed by atoms with Crippen molar-refractivity contribution in [1.82, 2.24) is 0 Å². The van der Waals surface area contributed by atoms with Crippen LogP contribution in [0.15, 0.2) is 51.4 Å². The van der Waals surface area contributed by atoms with Crippen molar-refractivity contribution < 1.29 is 14.7 Å². The van der Waals surface area contributed by atoms with Gasteiger partial charge in [0.1, 0.15) is 0 Å². The van der Waals surface area contributed by atoms with Crippen molar-refractivity contribution in [3.63, 3.8) is 0 Å². The molecule has 0 heterocycles. The molecule has 0 saturated heterocycles. The van der Waals surface area contributed by atoms with E-state index in [0.29, 0.717) is 10.0 Å². The second-order valence-electron chi connectivity index (χ2n) is 3.96. The van der Waals surface area contributed by atoms with E-state index in [1.54, 1.807) is 36.4 Å². The van der Waals surface area contributed by atoms with Crippen molar-refractivity contribution in [2.75, 3.05) is 5.32 Å². The van der Waals surface area contributed by atoms with Crippen LogP contribution in [0, 0.1) is 0 Å². The molecule has 20 heavy (non-hydrogen) atoms. The lowest BCUT2D eigenvalue weighted by atomic mass is 10.1. The number of carbonyl (C=O) groups is 2. The van der Waals surface area contributed by atoms with Crippen LogP contribution in [0.1, 0.15) is 20.7 Å². The first-order chi connectivity index (χ1) is 9.47. The topological polar surface area (TPSA) is 66.4 Å². The third kappa shape index (κ3) is 3.46. The van der Waals surface area contributed by atoms with Crippen LogP contribution in [-0.2, 0) is 0 Å². The van der Waals surface area contributed by atoms with Crippen LogP contribution in [0.5, 0.6) is 0 Å². The molecule has 0 unspecified atom stereocenters. The number of benzene rings is 2. The van der Waals surface area contributed by atoms with E-state index in [9.17, 15) is 9.59 Å². The molecule has 0 aromatic heterocycles. The Labute approximate surface area is 132 Å². The van der Waals surface area contributed by atoms with Crippen LogP contribution in [0.25, 0.3) is 0 Å². The van der Waals surface area contributed by atoms with Gasteiger partial charge in [0.2, 0.25) is 0 Å². The van der Waals surface area contributed by atoms with Gasteiger partial charge in [0.25, 0.3) is 5.91 Å². The Morgan fingerprint density at radius 3 is 2.35 bits per heavy atom. The van der Waals surface area contributed by atoms with Crippen LogP contribution in [-0.4, -0.2) is 17.0 Å². The van der Waals surface area contributed by atoms with E-state index in [1.165, 1.54) is 6.07 Å². The van der Waals surface area contributed by atoms with Gasteiger partial charge in [-0.15, -0.1) is 0 Å². The summed E-state index contributed by atoms with van der Waals surface area (Å²) in [5.41, 5.74) is 0.729. The predicted molar refractivity (Wildman–Crippen MR) is 83.2 cm³/mol. The molecule has 0 atom stereocenters. The number of rotatable bonds is 3. The van der Waals surface area contributed by atoms with Crippen LogP contribution >= 0.6 is 31.9 Å². The molecule has 1 amide bonds. The van der Waals surface area contributed by atoms with E-state index in [4.69, 9.17) is 5.11 Å². The highest BCUT2D eigenvalue weighted by atomic mass is 79.9. The minimum atomic E-state index is -1.10. The molecule has 2 aromatic rings. The Morgan fingerprint density at radius 2 is 1.70 bits per heavy atom. The first kappa shape index (κ1) is 14.7. The van der Waals surface area contributed by atoms with Gasteiger partial charge in [0, 0.05) is 14.5 Å². The lowest BCUT2D eigenvalue weighted by Crippen LogP contribution is -2.14. The molecule has 0 bridgehead atoms. The van der Waals surface area contributed by atoms with Gasteiger partial charge in [-0.25, -0.2) is 4.79 Å². The highest BCUT2D eigenvalue weighted by Gasteiger charge is 2.14. The summed E-state index contributed by atoms with van der Waals surface area (Å²) in [6.45, 7) is 0. The van der Waals surface area contributed by atoms with Crippen LogP contribution in [0.2, 0.25) is 0 Å². The smallest absolute Gasteiger partial charge is 0.337 e. The van der Waals surface area contributed by atoms with Crippen molar-refractivity contribution in [3.8, 4) is 0 Å². The average molecular weight is 399 g/mol. The SMILES string of the molecule is O=C(Nc1ccc(Br)cc1C(=O)O)c1cccc(Br)c1. The van der Waals surface area contributed by atoms with Crippen molar-refractivity contribution in [2.45, 2.75) is 0 Å². The molecule has 0 aliphatic carbocycles. The predicted octanol–water partition coefficient (Wildman–Crippen LogP) is 4.16. The number of nitrogens with one attached hydrogen (secondary N) is 1. The van der Waals surface area contributed by atoms with Gasteiger partial charge in [-0.2, -0.15) is 0 Å². The van der Waals surface area contributed by atoms with Gasteiger partial charge in [0.05, 0.1) is 11.3 Å². The van der Waals surface area contributed by atoms with E-state index in [2.05, 4.69) is 37.2 Å². The molecule has 2 N–H and O–H groups in total. The normalized spacial score (nSPS) is 10.1. The first-order valence-electron chi connectivity index (χ1n) is 5.57.